The van der Waals surface area contributed by atoms with Crippen molar-refractivity contribution >= 4 is 0 Å². The maximum Gasteiger partial charge on any atom is 0.0900 e. The van der Waals surface area contributed by atoms with Crippen LogP contribution in [0.1, 0.15) is 27.2 Å². The molecule has 102 valence electrons. The lowest BCUT2D eigenvalue weighted by molar-refractivity contribution is -0.0163. The van der Waals surface area contributed by atoms with Crippen molar-refractivity contribution in [3.05, 3.63) is 0 Å². The van der Waals surface area contributed by atoms with Crippen LogP contribution in [0.25, 0.3) is 0 Å². The van der Waals surface area contributed by atoms with Crippen molar-refractivity contribution in [1.82, 2.24) is 4.90 Å². The summed E-state index contributed by atoms with van der Waals surface area (Å²) < 4.78 is 5.42. The molecule has 3 atom stereocenters. The van der Waals surface area contributed by atoms with Gasteiger partial charge in [0.05, 0.1) is 18.8 Å². The Hall–Kier alpha value is -0.160. The van der Waals surface area contributed by atoms with E-state index in [4.69, 9.17) is 10.5 Å². The van der Waals surface area contributed by atoms with E-state index in [0.717, 1.165) is 19.6 Å². The number of ether oxygens (including phenoxy) is 1. The molecular weight excluding hydrogens is 216 g/mol. The van der Waals surface area contributed by atoms with Gasteiger partial charge in [0.1, 0.15) is 0 Å². The topological polar surface area (TPSA) is 58.7 Å². The Kier molecular flexibility index (Phi) is 6.41. The highest BCUT2D eigenvalue weighted by molar-refractivity contribution is 4.79. The van der Waals surface area contributed by atoms with Crippen LogP contribution in [-0.2, 0) is 4.74 Å². The van der Waals surface area contributed by atoms with E-state index in [1.54, 1.807) is 0 Å². The molecule has 1 aliphatic rings. The van der Waals surface area contributed by atoms with Gasteiger partial charge < -0.3 is 20.5 Å². The van der Waals surface area contributed by atoms with Crippen molar-refractivity contribution < 1.29 is 9.84 Å². The van der Waals surface area contributed by atoms with Crippen LogP contribution in [0.3, 0.4) is 0 Å². The Balaban J connectivity index is 2.26. The summed E-state index contributed by atoms with van der Waals surface area (Å²) in [4.78, 5) is 2.31. The first-order valence-corrected chi connectivity index (χ1v) is 6.75. The number of aliphatic hydroxyl groups excluding tert-OH is 1. The van der Waals surface area contributed by atoms with E-state index in [9.17, 15) is 5.11 Å². The zero-order valence-corrected chi connectivity index (χ0v) is 11.4. The van der Waals surface area contributed by atoms with E-state index >= 15 is 0 Å². The molecule has 0 aromatic carbocycles. The summed E-state index contributed by atoms with van der Waals surface area (Å²) >= 11 is 0. The van der Waals surface area contributed by atoms with Crippen LogP contribution in [0, 0.1) is 11.8 Å². The molecule has 0 spiro atoms. The van der Waals surface area contributed by atoms with Gasteiger partial charge in [-0.2, -0.15) is 0 Å². The monoisotopic (exact) mass is 244 g/mol. The molecule has 0 aromatic heterocycles. The summed E-state index contributed by atoms with van der Waals surface area (Å²) in [6, 6.07) is 0. The first-order chi connectivity index (χ1) is 8.02. The summed E-state index contributed by atoms with van der Waals surface area (Å²) in [5, 5.41) is 9.88. The smallest absolute Gasteiger partial charge is 0.0900 e. The predicted molar refractivity (Wildman–Crippen MR) is 69.9 cm³/mol. The highest BCUT2D eigenvalue weighted by atomic mass is 16.5. The van der Waals surface area contributed by atoms with Crippen molar-refractivity contribution in [1.29, 1.82) is 0 Å². The van der Waals surface area contributed by atoms with E-state index in [1.165, 1.54) is 6.42 Å². The predicted octanol–water partition coefficient (Wildman–Crippen LogP) is 0.689. The van der Waals surface area contributed by atoms with E-state index in [0.29, 0.717) is 25.0 Å². The second-order valence-corrected chi connectivity index (χ2v) is 5.56. The first kappa shape index (κ1) is 14.9. The molecule has 3 N–H and O–H groups in total. The molecule has 1 heterocycles. The van der Waals surface area contributed by atoms with Crippen molar-refractivity contribution in [2.24, 2.45) is 17.6 Å². The second kappa shape index (κ2) is 7.31. The minimum atomic E-state index is -0.385. The average molecular weight is 244 g/mol. The van der Waals surface area contributed by atoms with Gasteiger partial charge in [-0.25, -0.2) is 0 Å². The highest BCUT2D eigenvalue weighted by Gasteiger charge is 2.26. The van der Waals surface area contributed by atoms with E-state index in [-0.39, 0.29) is 12.2 Å². The lowest BCUT2D eigenvalue weighted by Gasteiger charge is -2.37. The number of nitrogens with zero attached hydrogens (tertiary/aromatic N) is 1. The maximum absolute atomic E-state index is 9.88. The zero-order valence-electron chi connectivity index (χ0n) is 11.4. The van der Waals surface area contributed by atoms with Gasteiger partial charge in [-0.3, -0.25) is 0 Å². The van der Waals surface area contributed by atoms with Crippen LogP contribution in [0.5, 0.6) is 0 Å². The Labute approximate surface area is 105 Å². The lowest BCUT2D eigenvalue weighted by Crippen LogP contribution is -2.46. The summed E-state index contributed by atoms with van der Waals surface area (Å²) in [7, 11) is 0. The molecule has 0 aromatic rings. The van der Waals surface area contributed by atoms with Crippen molar-refractivity contribution in [2.75, 3.05) is 32.8 Å². The number of aliphatic hydroxyl groups is 1. The molecule has 0 bridgehead atoms. The quantitative estimate of drug-likeness (QED) is 0.722. The van der Waals surface area contributed by atoms with Crippen LogP contribution in [0.2, 0.25) is 0 Å². The number of hydrogen-bond donors (Lipinski definition) is 2. The number of β-amino-alcohol motifs (C(OH)–C–C–N with tert-alkyl or cyclic N) is 1. The zero-order chi connectivity index (χ0) is 12.8. The van der Waals surface area contributed by atoms with Gasteiger partial charge in [0.15, 0.2) is 0 Å². The number of nitrogens with two attached hydrogens (primary N) is 1. The van der Waals surface area contributed by atoms with Crippen molar-refractivity contribution in [2.45, 2.75) is 39.4 Å². The van der Waals surface area contributed by atoms with Gasteiger partial charge in [-0.15, -0.1) is 0 Å². The van der Waals surface area contributed by atoms with Crippen LogP contribution in [0.4, 0.5) is 0 Å². The van der Waals surface area contributed by atoms with E-state index in [2.05, 4.69) is 11.8 Å². The van der Waals surface area contributed by atoms with Crippen LogP contribution in [0.15, 0.2) is 0 Å². The third-order valence-corrected chi connectivity index (χ3v) is 3.59. The minimum absolute atomic E-state index is 0.183. The fraction of sp³-hybridized carbons (Fsp3) is 1.00. The third kappa shape index (κ3) is 5.34. The Bertz CT molecular complexity index is 212. The Morgan fingerprint density at radius 3 is 2.76 bits per heavy atom. The normalized spacial score (nSPS) is 28.6. The molecule has 0 aliphatic carbocycles. The molecule has 1 aliphatic heterocycles. The molecular formula is C13H28N2O2. The molecule has 0 amide bonds. The first-order valence-electron chi connectivity index (χ1n) is 6.75. The molecule has 17 heavy (non-hydrogen) atoms. The Morgan fingerprint density at radius 1 is 1.47 bits per heavy atom. The van der Waals surface area contributed by atoms with Gasteiger partial charge in [-0.05, 0) is 45.2 Å². The molecule has 0 radical (unpaired) electrons. The fourth-order valence-corrected chi connectivity index (χ4v) is 2.35. The average Bonchev–Trinajstić information content (AvgIpc) is 2.29. The van der Waals surface area contributed by atoms with Gasteiger partial charge in [0, 0.05) is 13.1 Å². The molecule has 3 unspecified atom stereocenters. The molecule has 1 fully saturated rings. The molecule has 4 nitrogen and oxygen atoms in total. The van der Waals surface area contributed by atoms with Crippen LogP contribution in [-0.4, -0.2) is 55.0 Å². The van der Waals surface area contributed by atoms with Gasteiger partial charge in [-0.1, -0.05) is 6.92 Å². The highest BCUT2D eigenvalue weighted by Crippen LogP contribution is 2.22. The van der Waals surface area contributed by atoms with Gasteiger partial charge >= 0.3 is 0 Å². The van der Waals surface area contributed by atoms with Crippen molar-refractivity contribution in [3.63, 3.8) is 0 Å². The number of likely N-dealkylation sites (tertiary alicyclic amines) is 1. The third-order valence-electron chi connectivity index (χ3n) is 3.59. The SMILES string of the molecule is CC(C)OCC(O)CN1CCC(C)C(CN)C1. The Morgan fingerprint density at radius 2 is 2.18 bits per heavy atom. The molecule has 0 saturated carbocycles. The number of hydrogen-bond acceptors (Lipinski definition) is 4. The van der Waals surface area contributed by atoms with Crippen LogP contribution < -0.4 is 5.73 Å². The van der Waals surface area contributed by atoms with E-state index < -0.39 is 0 Å². The molecule has 4 heteroatoms. The standard InChI is InChI=1S/C13H28N2O2/c1-10(2)17-9-13(16)8-15-5-4-11(3)12(6-14)7-15/h10-13,16H,4-9,14H2,1-3H3. The minimum Gasteiger partial charge on any atom is -0.389 e. The molecule has 1 rings (SSSR count). The number of piperidine rings is 1. The van der Waals surface area contributed by atoms with E-state index in [1.807, 2.05) is 13.8 Å². The lowest BCUT2D eigenvalue weighted by atomic mass is 9.87. The summed E-state index contributed by atoms with van der Waals surface area (Å²) in [5.41, 5.74) is 5.77. The maximum atomic E-state index is 9.88. The number of rotatable bonds is 6. The van der Waals surface area contributed by atoms with Gasteiger partial charge in [0.2, 0.25) is 0 Å². The van der Waals surface area contributed by atoms with Gasteiger partial charge in [0.25, 0.3) is 0 Å². The van der Waals surface area contributed by atoms with Crippen LogP contribution >= 0.6 is 0 Å². The van der Waals surface area contributed by atoms with Crippen molar-refractivity contribution in [3.8, 4) is 0 Å². The summed E-state index contributed by atoms with van der Waals surface area (Å²) in [6.07, 6.45) is 0.978. The second-order valence-electron chi connectivity index (χ2n) is 5.56. The fourth-order valence-electron chi connectivity index (χ4n) is 2.35. The molecule has 1 saturated heterocycles. The largest absolute Gasteiger partial charge is 0.389 e. The summed E-state index contributed by atoms with van der Waals surface area (Å²) in [5.74, 6) is 1.28. The summed E-state index contributed by atoms with van der Waals surface area (Å²) in [6.45, 7) is 10.2.